The average Bonchev–Trinajstić information content (AvgIpc) is 2.51. The Morgan fingerprint density at radius 1 is 0.909 bits per heavy atom. The number of hydrogen-bond donors (Lipinski definition) is 1. The van der Waals surface area contributed by atoms with Gasteiger partial charge in [0.05, 0.1) is 5.92 Å². The largest absolute Gasteiger partial charge is 0.372 e. The normalized spacial score (nSPS) is 16.4. The van der Waals surface area contributed by atoms with Crippen molar-refractivity contribution >= 4 is 18.2 Å². The van der Waals surface area contributed by atoms with Crippen molar-refractivity contribution in [1.29, 1.82) is 0 Å². The second-order valence-corrected chi connectivity index (χ2v) is 6.47. The third-order valence-corrected chi connectivity index (χ3v) is 3.96. The number of benzene rings is 2. The summed E-state index contributed by atoms with van der Waals surface area (Å²) in [6.45, 7) is 6.36. The quantitative estimate of drug-likeness (QED) is 0.899. The summed E-state index contributed by atoms with van der Waals surface area (Å²) in [4.78, 5) is 4.84. The van der Waals surface area contributed by atoms with Crippen molar-refractivity contribution in [2.24, 2.45) is 10.4 Å². The highest BCUT2D eigenvalue weighted by molar-refractivity contribution is 5.92. The highest BCUT2D eigenvalue weighted by atomic mass is 35.5. The Bertz CT molecular complexity index is 581. The molecule has 1 aliphatic heterocycles. The van der Waals surface area contributed by atoms with Gasteiger partial charge in [0.2, 0.25) is 0 Å². The minimum Gasteiger partial charge on any atom is -0.372 e. The summed E-state index contributed by atoms with van der Waals surface area (Å²) in [5.41, 5.74) is 2.81. The van der Waals surface area contributed by atoms with Crippen molar-refractivity contribution in [3.05, 3.63) is 71.8 Å². The van der Waals surface area contributed by atoms with Crippen LogP contribution < -0.4 is 5.32 Å². The topological polar surface area (TPSA) is 24.4 Å². The van der Waals surface area contributed by atoms with Gasteiger partial charge >= 0.3 is 0 Å². The molecule has 0 aromatic heterocycles. The zero-order valence-electron chi connectivity index (χ0n) is 13.1. The molecule has 1 aliphatic rings. The van der Waals surface area contributed by atoms with E-state index in [4.69, 9.17) is 4.99 Å². The second kappa shape index (κ2) is 6.97. The molecule has 0 spiro atoms. The van der Waals surface area contributed by atoms with Gasteiger partial charge in [-0.3, -0.25) is 4.99 Å². The van der Waals surface area contributed by atoms with Crippen molar-refractivity contribution in [3.63, 3.8) is 0 Å². The van der Waals surface area contributed by atoms with E-state index >= 15 is 0 Å². The van der Waals surface area contributed by atoms with Crippen molar-refractivity contribution in [2.45, 2.75) is 19.8 Å². The van der Waals surface area contributed by atoms with E-state index in [9.17, 15) is 0 Å². The van der Waals surface area contributed by atoms with Crippen LogP contribution >= 0.6 is 12.4 Å². The van der Waals surface area contributed by atoms with Gasteiger partial charge in [0.1, 0.15) is 5.84 Å². The Labute approximate surface area is 139 Å². The van der Waals surface area contributed by atoms with E-state index in [1.165, 1.54) is 11.1 Å². The standard InChI is InChI=1S/C19H22N2.ClH/c1-19(2)13-20-18(21-14-19)17(15-9-5-3-6-10-15)16-11-7-4-8-12-16;/h3-12,17H,13-14H2,1-2H3,(H,20,21);1H. The lowest BCUT2D eigenvalue weighted by Gasteiger charge is -2.32. The highest BCUT2D eigenvalue weighted by Crippen LogP contribution is 2.28. The third kappa shape index (κ3) is 3.69. The second-order valence-electron chi connectivity index (χ2n) is 6.47. The van der Waals surface area contributed by atoms with E-state index in [2.05, 4.69) is 79.8 Å². The van der Waals surface area contributed by atoms with Crippen LogP contribution in [0.2, 0.25) is 0 Å². The average molecular weight is 315 g/mol. The summed E-state index contributed by atoms with van der Waals surface area (Å²) < 4.78 is 0. The Morgan fingerprint density at radius 3 is 1.82 bits per heavy atom. The van der Waals surface area contributed by atoms with Crippen LogP contribution in [0, 0.1) is 5.41 Å². The van der Waals surface area contributed by atoms with Crippen molar-refractivity contribution in [2.75, 3.05) is 13.1 Å². The molecule has 0 aliphatic carbocycles. The van der Waals surface area contributed by atoms with Crippen LogP contribution in [-0.2, 0) is 0 Å². The van der Waals surface area contributed by atoms with E-state index in [-0.39, 0.29) is 23.7 Å². The first kappa shape index (κ1) is 16.6. The van der Waals surface area contributed by atoms with Gasteiger partial charge in [0, 0.05) is 18.5 Å². The molecule has 0 saturated carbocycles. The van der Waals surface area contributed by atoms with Crippen LogP contribution in [0.5, 0.6) is 0 Å². The van der Waals surface area contributed by atoms with Crippen molar-refractivity contribution < 1.29 is 0 Å². The van der Waals surface area contributed by atoms with Crippen molar-refractivity contribution in [3.8, 4) is 0 Å². The molecule has 2 aromatic carbocycles. The molecule has 0 saturated heterocycles. The maximum absolute atomic E-state index is 4.84. The van der Waals surface area contributed by atoms with Crippen molar-refractivity contribution in [1.82, 2.24) is 5.32 Å². The fourth-order valence-electron chi connectivity index (χ4n) is 2.73. The van der Waals surface area contributed by atoms with E-state index in [1.807, 2.05) is 0 Å². The molecule has 0 bridgehead atoms. The van der Waals surface area contributed by atoms with Gasteiger partial charge in [-0.15, -0.1) is 12.4 Å². The molecule has 1 heterocycles. The lowest BCUT2D eigenvalue weighted by atomic mass is 9.87. The van der Waals surface area contributed by atoms with Gasteiger partial charge < -0.3 is 5.32 Å². The van der Waals surface area contributed by atoms with E-state index in [1.54, 1.807) is 0 Å². The molecule has 3 heteroatoms. The summed E-state index contributed by atoms with van der Waals surface area (Å²) >= 11 is 0. The Kier molecular flexibility index (Phi) is 5.25. The smallest absolute Gasteiger partial charge is 0.108 e. The number of rotatable bonds is 3. The van der Waals surface area contributed by atoms with Crippen LogP contribution in [0.25, 0.3) is 0 Å². The van der Waals surface area contributed by atoms with Crippen LogP contribution in [0.4, 0.5) is 0 Å². The van der Waals surface area contributed by atoms with E-state index in [0.29, 0.717) is 0 Å². The fourth-order valence-corrected chi connectivity index (χ4v) is 2.73. The van der Waals surface area contributed by atoms with Crippen LogP contribution in [0.3, 0.4) is 0 Å². The number of aliphatic imine (C=N–C) groups is 1. The lowest BCUT2D eigenvalue weighted by Crippen LogP contribution is -2.43. The fraction of sp³-hybridized carbons (Fsp3) is 0.316. The molecule has 0 amide bonds. The molecule has 0 radical (unpaired) electrons. The first-order valence-electron chi connectivity index (χ1n) is 7.54. The number of hydrogen-bond acceptors (Lipinski definition) is 2. The maximum atomic E-state index is 4.84. The highest BCUT2D eigenvalue weighted by Gasteiger charge is 2.27. The Balaban J connectivity index is 0.00000176. The molecule has 22 heavy (non-hydrogen) atoms. The Morgan fingerprint density at radius 2 is 1.41 bits per heavy atom. The van der Waals surface area contributed by atoms with Gasteiger partial charge in [0.25, 0.3) is 0 Å². The molecule has 2 nitrogen and oxygen atoms in total. The Hall–Kier alpha value is -1.80. The number of nitrogens with one attached hydrogen (secondary N) is 1. The van der Waals surface area contributed by atoms with E-state index < -0.39 is 0 Å². The summed E-state index contributed by atoms with van der Waals surface area (Å²) in [6, 6.07) is 21.2. The summed E-state index contributed by atoms with van der Waals surface area (Å²) in [6.07, 6.45) is 0. The van der Waals surface area contributed by atoms with Gasteiger partial charge in [-0.25, -0.2) is 0 Å². The minimum absolute atomic E-state index is 0. The zero-order valence-corrected chi connectivity index (χ0v) is 13.9. The summed E-state index contributed by atoms with van der Waals surface area (Å²) in [5, 5.41) is 3.56. The number of amidine groups is 1. The maximum Gasteiger partial charge on any atom is 0.108 e. The van der Waals surface area contributed by atoms with Gasteiger partial charge in [-0.1, -0.05) is 74.5 Å². The third-order valence-electron chi connectivity index (χ3n) is 3.96. The van der Waals surface area contributed by atoms with Crippen LogP contribution in [0.1, 0.15) is 30.9 Å². The number of nitrogens with zero attached hydrogens (tertiary/aromatic N) is 1. The zero-order chi connectivity index (χ0) is 14.7. The molecular formula is C19H23ClN2. The van der Waals surface area contributed by atoms with Crippen LogP contribution in [-0.4, -0.2) is 18.9 Å². The van der Waals surface area contributed by atoms with Gasteiger partial charge in [-0.05, 0) is 11.1 Å². The molecule has 0 atom stereocenters. The summed E-state index contributed by atoms with van der Waals surface area (Å²) in [5.74, 6) is 1.29. The molecule has 3 rings (SSSR count). The predicted octanol–water partition coefficient (Wildman–Crippen LogP) is 4.27. The van der Waals surface area contributed by atoms with Gasteiger partial charge in [0.15, 0.2) is 0 Å². The summed E-state index contributed by atoms with van der Waals surface area (Å²) in [7, 11) is 0. The molecular weight excluding hydrogens is 292 g/mol. The first-order chi connectivity index (χ1) is 10.2. The monoisotopic (exact) mass is 314 g/mol. The first-order valence-corrected chi connectivity index (χ1v) is 7.54. The molecule has 0 fully saturated rings. The van der Waals surface area contributed by atoms with E-state index in [0.717, 1.165) is 18.9 Å². The predicted molar refractivity (Wildman–Crippen MR) is 96.1 cm³/mol. The molecule has 1 N–H and O–H groups in total. The minimum atomic E-state index is 0. The van der Waals surface area contributed by atoms with Gasteiger partial charge in [-0.2, -0.15) is 0 Å². The SMILES string of the molecule is CC1(C)CN=C(C(c2ccccc2)c2ccccc2)NC1.Cl. The molecule has 0 unspecified atom stereocenters. The van der Waals surface area contributed by atoms with Crippen LogP contribution in [0.15, 0.2) is 65.7 Å². The number of halogens is 1. The molecule has 2 aromatic rings. The lowest BCUT2D eigenvalue weighted by molar-refractivity contribution is 0.359. The molecule has 116 valence electrons.